The molecule has 54 valence electrons. The van der Waals surface area contributed by atoms with Crippen molar-refractivity contribution in [2.24, 2.45) is 11.8 Å². The third-order valence-electron chi connectivity index (χ3n) is 2.06. The molecule has 0 aromatic rings. The summed E-state index contributed by atoms with van der Waals surface area (Å²) < 4.78 is 10.8. The van der Waals surface area contributed by atoms with Crippen LogP contribution in [0, 0.1) is 11.8 Å². The first-order valence-electron chi connectivity index (χ1n) is 3.45. The van der Waals surface area contributed by atoms with Crippen LogP contribution in [0.1, 0.15) is 20.3 Å². The first kappa shape index (κ1) is 7.42. The molecule has 1 saturated carbocycles. The average Bonchev–Trinajstić information content (AvgIpc) is 2.39. The Bertz CT molecular complexity index is 89.1. The SMILES string of the molecule is CC(C)C1CC1[S+](C)[O-]. The van der Waals surface area contributed by atoms with Crippen molar-refractivity contribution < 1.29 is 4.55 Å². The van der Waals surface area contributed by atoms with E-state index in [1.165, 1.54) is 6.42 Å². The normalized spacial score (nSPS) is 37.0. The highest BCUT2D eigenvalue weighted by atomic mass is 32.2. The predicted octanol–water partition coefficient (Wildman–Crippen LogP) is 1.41. The Morgan fingerprint density at radius 3 is 2.22 bits per heavy atom. The molecule has 0 heterocycles. The van der Waals surface area contributed by atoms with Crippen LogP contribution in [0.25, 0.3) is 0 Å². The maximum Gasteiger partial charge on any atom is 0.119 e. The minimum Gasteiger partial charge on any atom is -0.616 e. The van der Waals surface area contributed by atoms with Gasteiger partial charge in [0.05, 0.1) is 6.26 Å². The standard InChI is InChI=1S/C7H14OS/c1-5(2)6-4-7(6)9(3)8/h5-7H,4H2,1-3H3. The van der Waals surface area contributed by atoms with Gasteiger partial charge in [0.15, 0.2) is 0 Å². The Labute approximate surface area is 60.0 Å². The summed E-state index contributed by atoms with van der Waals surface area (Å²) in [6.07, 6.45) is 3.01. The highest BCUT2D eigenvalue weighted by Crippen LogP contribution is 2.42. The molecule has 1 rings (SSSR count). The van der Waals surface area contributed by atoms with Crippen LogP contribution in [-0.4, -0.2) is 16.1 Å². The third-order valence-corrected chi connectivity index (χ3v) is 3.46. The van der Waals surface area contributed by atoms with Gasteiger partial charge < -0.3 is 4.55 Å². The van der Waals surface area contributed by atoms with Crippen LogP contribution in [0.4, 0.5) is 0 Å². The first-order valence-corrected chi connectivity index (χ1v) is 5.07. The largest absolute Gasteiger partial charge is 0.616 e. The molecule has 1 fully saturated rings. The Morgan fingerprint density at radius 1 is 1.56 bits per heavy atom. The van der Waals surface area contributed by atoms with Crippen LogP contribution in [0.15, 0.2) is 0 Å². The van der Waals surface area contributed by atoms with E-state index in [1.807, 2.05) is 6.26 Å². The summed E-state index contributed by atoms with van der Waals surface area (Å²) in [4.78, 5) is 0. The highest BCUT2D eigenvalue weighted by molar-refractivity contribution is 7.91. The van der Waals surface area contributed by atoms with Gasteiger partial charge in [-0.15, -0.1) is 0 Å². The van der Waals surface area contributed by atoms with Crippen LogP contribution in [0.5, 0.6) is 0 Å². The fourth-order valence-corrected chi connectivity index (χ4v) is 2.57. The zero-order chi connectivity index (χ0) is 7.02. The maximum atomic E-state index is 10.8. The van der Waals surface area contributed by atoms with Crippen molar-refractivity contribution in [2.45, 2.75) is 25.5 Å². The molecule has 0 bridgehead atoms. The smallest absolute Gasteiger partial charge is 0.119 e. The van der Waals surface area contributed by atoms with Gasteiger partial charge in [-0.2, -0.15) is 0 Å². The van der Waals surface area contributed by atoms with Crippen molar-refractivity contribution in [1.29, 1.82) is 0 Å². The summed E-state index contributed by atoms with van der Waals surface area (Å²) in [6.45, 7) is 4.41. The van der Waals surface area contributed by atoms with E-state index in [9.17, 15) is 4.55 Å². The van der Waals surface area contributed by atoms with E-state index < -0.39 is 11.2 Å². The van der Waals surface area contributed by atoms with Crippen LogP contribution < -0.4 is 0 Å². The van der Waals surface area contributed by atoms with Crippen molar-refractivity contribution >= 4 is 11.2 Å². The second kappa shape index (κ2) is 2.51. The molecule has 3 unspecified atom stereocenters. The molecule has 0 radical (unpaired) electrons. The van der Waals surface area contributed by atoms with E-state index in [0.717, 1.165) is 11.8 Å². The fraction of sp³-hybridized carbons (Fsp3) is 1.00. The van der Waals surface area contributed by atoms with E-state index in [0.29, 0.717) is 5.25 Å². The van der Waals surface area contributed by atoms with Crippen molar-refractivity contribution in [3.63, 3.8) is 0 Å². The predicted molar refractivity (Wildman–Crippen MR) is 40.8 cm³/mol. The van der Waals surface area contributed by atoms with Crippen molar-refractivity contribution in [3.8, 4) is 0 Å². The van der Waals surface area contributed by atoms with E-state index >= 15 is 0 Å². The third kappa shape index (κ3) is 1.62. The molecule has 1 nitrogen and oxygen atoms in total. The summed E-state index contributed by atoms with van der Waals surface area (Å²) in [6, 6.07) is 0. The highest BCUT2D eigenvalue weighted by Gasteiger charge is 2.46. The Kier molecular flexibility index (Phi) is 2.07. The molecular weight excluding hydrogens is 132 g/mol. The summed E-state index contributed by atoms with van der Waals surface area (Å²) >= 11 is -0.557. The molecule has 0 spiro atoms. The zero-order valence-corrected chi connectivity index (χ0v) is 7.07. The molecule has 0 aromatic heterocycles. The Hall–Kier alpha value is 0.310. The number of rotatable bonds is 2. The summed E-state index contributed by atoms with van der Waals surface area (Å²) in [5.41, 5.74) is 0. The van der Waals surface area contributed by atoms with Gasteiger partial charge in [0.1, 0.15) is 5.25 Å². The molecule has 2 heteroatoms. The summed E-state index contributed by atoms with van der Waals surface area (Å²) in [5, 5.41) is 0.532. The molecule has 0 aromatic carbocycles. The molecule has 3 atom stereocenters. The van der Waals surface area contributed by atoms with Crippen molar-refractivity contribution in [2.75, 3.05) is 6.26 Å². The quantitative estimate of drug-likeness (QED) is 0.540. The van der Waals surface area contributed by atoms with Gasteiger partial charge in [0.2, 0.25) is 0 Å². The molecule has 1 aliphatic carbocycles. The molecule has 0 saturated heterocycles. The van der Waals surface area contributed by atoms with Crippen LogP contribution in [0.2, 0.25) is 0 Å². The Morgan fingerprint density at radius 2 is 2.11 bits per heavy atom. The molecule has 0 aliphatic heterocycles. The second-order valence-corrected chi connectivity index (χ2v) is 4.78. The lowest BCUT2D eigenvalue weighted by Crippen LogP contribution is -2.08. The van der Waals surface area contributed by atoms with Crippen molar-refractivity contribution in [3.05, 3.63) is 0 Å². The second-order valence-electron chi connectivity index (χ2n) is 3.18. The minimum absolute atomic E-state index is 0.532. The first-order chi connectivity index (χ1) is 4.13. The molecule has 0 amide bonds. The van der Waals surface area contributed by atoms with E-state index in [4.69, 9.17) is 0 Å². The van der Waals surface area contributed by atoms with Crippen molar-refractivity contribution in [1.82, 2.24) is 0 Å². The van der Waals surface area contributed by atoms with Gasteiger partial charge in [0.25, 0.3) is 0 Å². The molecule has 0 N–H and O–H groups in total. The minimum atomic E-state index is -0.557. The molecule has 9 heavy (non-hydrogen) atoms. The topological polar surface area (TPSA) is 23.1 Å². The fourth-order valence-electron chi connectivity index (χ4n) is 1.27. The van der Waals surface area contributed by atoms with Crippen LogP contribution >= 0.6 is 0 Å². The number of hydrogen-bond donors (Lipinski definition) is 0. The van der Waals surface area contributed by atoms with E-state index in [-0.39, 0.29) is 0 Å². The van der Waals surface area contributed by atoms with E-state index in [2.05, 4.69) is 13.8 Å². The van der Waals surface area contributed by atoms with Gasteiger partial charge >= 0.3 is 0 Å². The lowest BCUT2D eigenvalue weighted by molar-refractivity contribution is 0.551. The number of hydrogen-bond acceptors (Lipinski definition) is 1. The average molecular weight is 146 g/mol. The van der Waals surface area contributed by atoms with Gasteiger partial charge in [-0.25, -0.2) is 0 Å². The van der Waals surface area contributed by atoms with Gasteiger partial charge in [0, 0.05) is 12.3 Å². The lowest BCUT2D eigenvalue weighted by Gasteiger charge is -2.04. The Balaban J connectivity index is 2.24. The molecular formula is C7H14OS. The van der Waals surface area contributed by atoms with Gasteiger partial charge in [-0.3, -0.25) is 0 Å². The van der Waals surface area contributed by atoms with E-state index in [1.54, 1.807) is 0 Å². The van der Waals surface area contributed by atoms with Gasteiger partial charge in [-0.1, -0.05) is 25.0 Å². The zero-order valence-electron chi connectivity index (χ0n) is 6.26. The summed E-state index contributed by atoms with van der Waals surface area (Å²) in [7, 11) is 0. The monoisotopic (exact) mass is 146 g/mol. The van der Waals surface area contributed by atoms with Gasteiger partial charge in [-0.05, 0) is 5.92 Å². The summed E-state index contributed by atoms with van der Waals surface area (Å²) in [5.74, 6) is 1.50. The van der Waals surface area contributed by atoms with Crippen LogP contribution in [0.3, 0.4) is 0 Å². The lowest BCUT2D eigenvalue weighted by atomic mass is 10.1. The van der Waals surface area contributed by atoms with Crippen LogP contribution in [-0.2, 0) is 11.2 Å². The molecule has 1 aliphatic rings. The maximum absolute atomic E-state index is 10.8.